The molecule has 2 aromatic carbocycles. The van der Waals surface area contributed by atoms with Gasteiger partial charge in [-0.25, -0.2) is 4.39 Å². The van der Waals surface area contributed by atoms with Crippen LogP contribution in [0.1, 0.15) is 11.1 Å². The van der Waals surface area contributed by atoms with Crippen molar-refractivity contribution in [2.24, 2.45) is 5.73 Å². The molecule has 0 amide bonds. The summed E-state index contributed by atoms with van der Waals surface area (Å²) in [6.45, 7) is 1.91. The number of aryl methyl sites for hydroxylation is 1. The summed E-state index contributed by atoms with van der Waals surface area (Å²) in [6.07, 6.45) is 0. The predicted molar refractivity (Wildman–Crippen MR) is 78.6 cm³/mol. The third kappa shape index (κ3) is 3.03. The molecule has 0 aliphatic rings. The summed E-state index contributed by atoms with van der Waals surface area (Å²) in [4.78, 5) is -0.0584. The number of rotatable bonds is 3. The second-order valence-corrected chi connectivity index (χ2v) is 4.86. The van der Waals surface area contributed by atoms with Crippen LogP contribution < -0.4 is 10.5 Å². The number of benzene rings is 2. The van der Waals surface area contributed by atoms with Gasteiger partial charge in [-0.1, -0.05) is 36.0 Å². The van der Waals surface area contributed by atoms with Crippen LogP contribution in [0.5, 0.6) is 11.5 Å². The zero-order valence-corrected chi connectivity index (χ0v) is 11.7. The number of nitrogens with two attached hydrogens (primary N) is 1. The fourth-order valence-corrected chi connectivity index (χ4v) is 1.99. The van der Waals surface area contributed by atoms with Gasteiger partial charge in [0.1, 0.15) is 22.3 Å². The molecule has 0 radical (unpaired) electrons. The topological polar surface area (TPSA) is 35.2 Å². The highest BCUT2D eigenvalue weighted by atomic mass is 35.5. The quantitative estimate of drug-likeness (QED) is 0.861. The highest BCUT2D eigenvalue weighted by molar-refractivity contribution is 7.80. The molecule has 0 atom stereocenters. The predicted octanol–water partition coefficient (Wildman–Crippen LogP) is 4.21. The summed E-state index contributed by atoms with van der Waals surface area (Å²) in [5, 5.41) is 0.434. The number of ether oxygens (including phenoxy) is 1. The number of hydrogen-bond acceptors (Lipinski definition) is 2. The Morgan fingerprint density at radius 2 is 2.00 bits per heavy atom. The van der Waals surface area contributed by atoms with E-state index in [1.54, 1.807) is 18.2 Å². The van der Waals surface area contributed by atoms with Crippen LogP contribution in [0.15, 0.2) is 36.4 Å². The molecule has 2 N–H and O–H groups in total. The van der Waals surface area contributed by atoms with E-state index in [0.29, 0.717) is 10.8 Å². The van der Waals surface area contributed by atoms with Crippen LogP contribution in [0.4, 0.5) is 4.39 Å². The smallest absolute Gasteiger partial charge is 0.146 e. The molecule has 5 heteroatoms. The first-order chi connectivity index (χ1) is 8.99. The van der Waals surface area contributed by atoms with E-state index in [1.807, 2.05) is 13.0 Å². The van der Waals surface area contributed by atoms with Gasteiger partial charge in [0.2, 0.25) is 0 Å². The maximum atomic E-state index is 13.7. The Bertz CT molecular complexity index is 645. The third-order valence-corrected chi connectivity index (χ3v) is 3.04. The summed E-state index contributed by atoms with van der Waals surface area (Å²) in [5.41, 5.74) is 6.57. The maximum absolute atomic E-state index is 13.7. The Kier molecular flexibility index (Phi) is 4.02. The fourth-order valence-electron chi connectivity index (χ4n) is 1.64. The molecule has 19 heavy (non-hydrogen) atoms. The SMILES string of the molecule is Cc1ccc(Cl)c(Oc2cccc(F)c2C(N)=S)c1. The highest BCUT2D eigenvalue weighted by Gasteiger charge is 2.14. The molecule has 0 aliphatic carbocycles. The Hall–Kier alpha value is -1.65. The second kappa shape index (κ2) is 5.55. The third-order valence-electron chi connectivity index (χ3n) is 2.53. The van der Waals surface area contributed by atoms with E-state index in [4.69, 9.17) is 34.3 Å². The zero-order valence-electron chi connectivity index (χ0n) is 10.1. The maximum Gasteiger partial charge on any atom is 0.146 e. The average molecular weight is 296 g/mol. The molecule has 0 aromatic heterocycles. The summed E-state index contributed by atoms with van der Waals surface area (Å²) in [7, 11) is 0. The molecule has 98 valence electrons. The van der Waals surface area contributed by atoms with Crippen LogP contribution in [-0.4, -0.2) is 4.99 Å². The van der Waals surface area contributed by atoms with Gasteiger partial charge in [0.25, 0.3) is 0 Å². The molecule has 0 aliphatic heterocycles. The van der Waals surface area contributed by atoms with E-state index < -0.39 is 5.82 Å². The van der Waals surface area contributed by atoms with Gasteiger partial charge in [-0.3, -0.25) is 0 Å². The van der Waals surface area contributed by atoms with E-state index in [9.17, 15) is 4.39 Å². The monoisotopic (exact) mass is 295 g/mol. The molecular weight excluding hydrogens is 285 g/mol. The first kappa shape index (κ1) is 13.8. The standard InChI is InChI=1S/C14H11ClFNOS/c1-8-5-6-9(15)12(7-8)18-11-4-2-3-10(16)13(11)14(17)19/h2-7H,1H3,(H2,17,19). The minimum Gasteiger partial charge on any atom is -0.455 e. The molecule has 0 unspecified atom stereocenters. The van der Waals surface area contributed by atoms with Crippen LogP contribution in [0.2, 0.25) is 5.02 Å². The minimum absolute atomic E-state index is 0.0584. The van der Waals surface area contributed by atoms with Gasteiger partial charge < -0.3 is 10.5 Å². The van der Waals surface area contributed by atoms with Crippen molar-refractivity contribution in [1.29, 1.82) is 0 Å². The van der Waals surface area contributed by atoms with Gasteiger partial charge >= 0.3 is 0 Å². The van der Waals surface area contributed by atoms with Gasteiger partial charge in [-0.2, -0.15) is 0 Å². The molecule has 2 nitrogen and oxygen atoms in total. The van der Waals surface area contributed by atoms with E-state index in [2.05, 4.69) is 0 Å². The molecule has 0 heterocycles. The molecular formula is C14H11ClFNOS. The molecule has 0 spiro atoms. The summed E-state index contributed by atoms with van der Waals surface area (Å²) in [5.74, 6) is 0.165. The van der Waals surface area contributed by atoms with Crippen molar-refractivity contribution in [2.75, 3.05) is 0 Å². The Balaban J connectivity index is 2.46. The average Bonchev–Trinajstić information content (AvgIpc) is 2.33. The highest BCUT2D eigenvalue weighted by Crippen LogP contribution is 2.32. The number of halogens is 2. The Morgan fingerprint density at radius 1 is 1.26 bits per heavy atom. The van der Waals surface area contributed by atoms with Crippen LogP contribution in [0.25, 0.3) is 0 Å². The van der Waals surface area contributed by atoms with Crippen molar-refractivity contribution < 1.29 is 9.13 Å². The lowest BCUT2D eigenvalue weighted by Crippen LogP contribution is -2.13. The number of thiocarbonyl (C=S) groups is 1. The van der Waals surface area contributed by atoms with Crippen molar-refractivity contribution in [3.8, 4) is 11.5 Å². The molecule has 0 saturated heterocycles. The first-order valence-electron chi connectivity index (χ1n) is 5.51. The second-order valence-electron chi connectivity index (χ2n) is 4.01. The molecule has 2 rings (SSSR count). The largest absolute Gasteiger partial charge is 0.455 e. The Morgan fingerprint density at radius 3 is 2.68 bits per heavy atom. The van der Waals surface area contributed by atoms with Crippen LogP contribution in [0.3, 0.4) is 0 Å². The van der Waals surface area contributed by atoms with Crippen molar-refractivity contribution in [3.63, 3.8) is 0 Å². The number of hydrogen-bond donors (Lipinski definition) is 1. The molecule has 0 saturated carbocycles. The molecule has 0 bridgehead atoms. The van der Waals surface area contributed by atoms with E-state index >= 15 is 0 Å². The summed E-state index contributed by atoms with van der Waals surface area (Å²) < 4.78 is 19.3. The van der Waals surface area contributed by atoms with Crippen molar-refractivity contribution in [2.45, 2.75) is 6.92 Å². The van der Waals surface area contributed by atoms with Crippen LogP contribution >= 0.6 is 23.8 Å². The van der Waals surface area contributed by atoms with E-state index in [0.717, 1.165) is 5.56 Å². The van der Waals surface area contributed by atoms with E-state index in [1.165, 1.54) is 12.1 Å². The lowest BCUT2D eigenvalue weighted by Gasteiger charge is -2.12. The van der Waals surface area contributed by atoms with Crippen LogP contribution in [0, 0.1) is 12.7 Å². The lowest BCUT2D eigenvalue weighted by molar-refractivity contribution is 0.475. The Labute approximate surface area is 120 Å². The zero-order chi connectivity index (χ0) is 14.0. The molecule has 0 fully saturated rings. The van der Waals surface area contributed by atoms with Crippen LogP contribution in [-0.2, 0) is 0 Å². The lowest BCUT2D eigenvalue weighted by atomic mass is 10.2. The first-order valence-corrected chi connectivity index (χ1v) is 6.30. The minimum atomic E-state index is -0.520. The van der Waals surface area contributed by atoms with Gasteiger partial charge in [-0.15, -0.1) is 0 Å². The van der Waals surface area contributed by atoms with Gasteiger partial charge in [0, 0.05) is 0 Å². The van der Waals surface area contributed by atoms with Crippen molar-refractivity contribution in [3.05, 3.63) is 58.4 Å². The molecule has 2 aromatic rings. The van der Waals surface area contributed by atoms with Crippen molar-refractivity contribution in [1.82, 2.24) is 0 Å². The fraction of sp³-hybridized carbons (Fsp3) is 0.0714. The summed E-state index contributed by atoms with van der Waals surface area (Å²) >= 11 is 10.9. The van der Waals surface area contributed by atoms with Gasteiger partial charge in [-0.05, 0) is 36.8 Å². The van der Waals surface area contributed by atoms with Crippen molar-refractivity contribution >= 4 is 28.8 Å². The van der Waals surface area contributed by atoms with Gasteiger partial charge in [0.15, 0.2) is 0 Å². The summed E-state index contributed by atoms with van der Waals surface area (Å²) in [6, 6.07) is 9.73. The normalized spacial score (nSPS) is 10.3. The van der Waals surface area contributed by atoms with Gasteiger partial charge in [0.05, 0.1) is 10.6 Å². The van der Waals surface area contributed by atoms with E-state index in [-0.39, 0.29) is 16.3 Å².